The molecule has 1 atom stereocenters. The largest absolute Gasteiger partial charge is 0.497 e. The first-order valence-corrected chi connectivity index (χ1v) is 9.95. The van der Waals surface area contributed by atoms with Crippen LogP contribution in [0.5, 0.6) is 23.0 Å². The Hall–Kier alpha value is -3.48. The summed E-state index contributed by atoms with van der Waals surface area (Å²) in [6, 6.07) is 9.34. The van der Waals surface area contributed by atoms with E-state index in [9.17, 15) is 4.79 Å². The summed E-state index contributed by atoms with van der Waals surface area (Å²) in [7, 11) is 6.43. The number of fused-ring (bicyclic) bond motifs is 1. The zero-order valence-corrected chi connectivity index (χ0v) is 18.8. The van der Waals surface area contributed by atoms with E-state index in [0.717, 1.165) is 16.7 Å². The maximum Gasteiger partial charge on any atom is 0.239 e. The van der Waals surface area contributed by atoms with Crippen molar-refractivity contribution in [3.05, 3.63) is 53.1 Å². The quantitative estimate of drug-likeness (QED) is 0.703. The first-order valence-electron chi connectivity index (χ1n) is 9.95. The number of carbonyl (C=O) groups excluding carboxylic acids is 1. The predicted octanol–water partition coefficient (Wildman–Crippen LogP) is 3.93. The van der Waals surface area contributed by atoms with Gasteiger partial charge in [-0.1, -0.05) is 0 Å². The molecule has 1 unspecified atom stereocenters. The first-order chi connectivity index (χ1) is 14.9. The summed E-state index contributed by atoms with van der Waals surface area (Å²) in [5.74, 6) is 2.51. The molecule has 0 saturated carbocycles. The molecule has 0 bridgehead atoms. The van der Waals surface area contributed by atoms with Crippen LogP contribution >= 0.6 is 0 Å². The van der Waals surface area contributed by atoms with E-state index in [4.69, 9.17) is 18.9 Å². The van der Waals surface area contributed by atoms with Gasteiger partial charge in [0.05, 0.1) is 40.2 Å². The lowest BCUT2D eigenvalue weighted by atomic mass is 9.96. The Morgan fingerprint density at radius 2 is 1.65 bits per heavy atom. The number of allylic oxidation sites excluding steroid dienone is 1. The maximum absolute atomic E-state index is 12.3. The number of benzene rings is 2. The first kappa shape index (κ1) is 22.2. The van der Waals surface area contributed by atoms with Gasteiger partial charge in [-0.25, -0.2) is 5.01 Å². The molecule has 2 aromatic carbocycles. The molecule has 0 spiro atoms. The minimum absolute atomic E-state index is 0.101. The highest BCUT2D eigenvalue weighted by molar-refractivity contribution is 6.12. The Labute approximate surface area is 182 Å². The van der Waals surface area contributed by atoms with Crippen molar-refractivity contribution < 1.29 is 23.7 Å². The molecule has 3 rings (SSSR count). The van der Waals surface area contributed by atoms with Gasteiger partial charge in [-0.2, -0.15) is 5.10 Å². The van der Waals surface area contributed by atoms with Crippen molar-refractivity contribution in [1.82, 2.24) is 5.01 Å². The van der Waals surface area contributed by atoms with Crippen molar-refractivity contribution in [2.45, 2.75) is 26.3 Å². The van der Waals surface area contributed by atoms with Crippen molar-refractivity contribution in [3.63, 3.8) is 0 Å². The minimum Gasteiger partial charge on any atom is -0.497 e. The molecular weight excluding hydrogens is 396 g/mol. The average Bonchev–Trinajstić information content (AvgIpc) is 2.91. The maximum atomic E-state index is 12.3. The highest BCUT2D eigenvalue weighted by Gasteiger charge is 2.25. The molecule has 0 radical (unpaired) electrons. The minimum atomic E-state index is -0.118. The number of ether oxygens (including phenoxy) is 4. The molecule has 0 N–H and O–H groups in total. The van der Waals surface area contributed by atoms with Crippen LogP contribution in [0.15, 0.2) is 41.5 Å². The molecule has 1 aliphatic rings. The number of carbonyl (C=O) groups is 1. The smallest absolute Gasteiger partial charge is 0.239 e. The fraction of sp³-hybridized carbons (Fsp3) is 0.333. The van der Waals surface area contributed by atoms with Crippen molar-refractivity contribution >= 4 is 17.7 Å². The van der Waals surface area contributed by atoms with Gasteiger partial charge in [0.15, 0.2) is 11.5 Å². The molecule has 0 saturated heterocycles. The van der Waals surface area contributed by atoms with Gasteiger partial charge < -0.3 is 18.9 Å². The molecule has 1 heterocycles. The number of hydrogen-bond acceptors (Lipinski definition) is 6. The van der Waals surface area contributed by atoms with Crippen LogP contribution in [0, 0.1) is 0 Å². The standard InChI is InChI=1S/C24H28N2O5/c1-15-11-18-12-23(30-5)24(31-6)14-20(18)21(25-26(15)16(2)27)10-8-17-7-9-19(28-3)13-22(17)29-4/h7-10,12-15H,11H2,1-6H3. The molecule has 31 heavy (non-hydrogen) atoms. The molecule has 2 aromatic rings. The second-order valence-electron chi connectivity index (χ2n) is 7.21. The summed E-state index contributed by atoms with van der Waals surface area (Å²) in [6.07, 6.45) is 4.43. The summed E-state index contributed by atoms with van der Waals surface area (Å²) in [5, 5.41) is 6.20. The Kier molecular flexibility index (Phi) is 6.84. The van der Waals surface area contributed by atoms with E-state index in [1.807, 2.05) is 49.4 Å². The number of rotatable bonds is 6. The molecule has 7 nitrogen and oxygen atoms in total. The lowest BCUT2D eigenvalue weighted by molar-refractivity contribution is -0.130. The van der Waals surface area contributed by atoms with Crippen LogP contribution in [-0.2, 0) is 11.2 Å². The number of methoxy groups -OCH3 is 4. The Morgan fingerprint density at radius 3 is 2.26 bits per heavy atom. The van der Waals surface area contributed by atoms with Crippen LogP contribution in [0.1, 0.15) is 30.5 Å². The summed E-state index contributed by atoms with van der Waals surface area (Å²) >= 11 is 0. The third-order valence-electron chi connectivity index (χ3n) is 5.22. The van der Waals surface area contributed by atoms with Crippen molar-refractivity contribution in [1.29, 1.82) is 0 Å². The Bertz CT molecular complexity index is 1030. The topological polar surface area (TPSA) is 69.6 Å². The third kappa shape index (κ3) is 4.66. The van der Waals surface area contributed by atoms with Crippen LogP contribution in [0.3, 0.4) is 0 Å². The summed E-state index contributed by atoms with van der Waals surface area (Å²) in [5.41, 5.74) is 3.42. The molecule has 7 heteroatoms. The van der Waals surface area contributed by atoms with E-state index in [-0.39, 0.29) is 11.9 Å². The molecule has 1 aliphatic heterocycles. The van der Waals surface area contributed by atoms with E-state index in [1.165, 1.54) is 11.9 Å². The van der Waals surface area contributed by atoms with Crippen LogP contribution < -0.4 is 18.9 Å². The lowest BCUT2D eigenvalue weighted by Gasteiger charge is -2.21. The van der Waals surface area contributed by atoms with Crippen molar-refractivity contribution in [3.8, 4) is 23.0 Å². The summed E-state index contributed by atoms with van der Waals surface area (Å²) in [6.45, 7) is 3.50. The predicted molar refractivity (Wildman–Crippen MR) is 120 cm³/mol. The highest BCUT2D eigenvalue weighted by atomic mass is 16.5. The molecule has 0 aromatic heterocycles. The summed E-state index contributed by atoms with van der Waals surface area (Å²) < 4.78 is 21.7. The van der Waals surface area contributed by atoms with Gasteiger partial charge in [-0.15, -0.1) is 0 Å². The van der Waals surface area contributed by atoms with Crippen molar-refractivity contribution in [2.75, 3.05) is 28.4 Å². The highest BCUT2D eigenvalue weighted by Crippen LogP contribution is 2.34. The fourth-order valence-corrected chi connectivity index (χ4v) is 3.63. The van der Waals surface area contributed by atoms with E-state index in [0.29, 0.717) is 35.1 Å². The van der Waals surface area contributed by atoms with Gasteiger partial charge in [-0.3, -0.25) is 4.79 Å². The number of amides is 1. The van der Waals surface area contributed by atoms with Crippen molar-refractivity contribution in [2.24, 2.45) is 5.10 Å². The second-order valence-corrected chi connectivity index (χ2v) is 7.21. The molecule has 1 amide bonds. The lowest BCUT2D eigenvalue weighted by Crippen LogP contribution is -2.33. The molecule has 0 fully saturated rings. The number of hydrogen-bond donors (Lipinski definition) is 0. The molecular formula is C24H28N2O5. The Balaban J connectivity index is 2.13. The molecule has 0 aliphatic carbocycles. The third-order valence-corrected chi connectivity index (χ3v) is 5.22. The summed E-state index contributed by atoms with van der Waals surface area (Å²) in [4.78, 5) is 12.3. The normalized spacial score (nSPS) is 15.7. The zero-order chi connectivity index (χ0) is 22.5. The molecule has 164 valence electrons. The van der Waals surface area contributed by atoms with Crippen LogP contribution in [-0.4, -0.2) is 51.1 Å². The van der Waals surface area contributed by atoms with Gasteiger partial charge in [0.2, 0.25) is 5.91 Å². The van der Waals surface area contributed by atoms with E-state index >= 15 is 0 Å². The number of nitrogens with zero attached hydrogens (tertiary/aromatic N) is 2. The zero-order valence-electron chi connectivity index (χ0n) is 18.8. The van der Waals surface area contributed by atoms with E-state index in [1.54, 1.807) is 28.4 Å². The van der Waals surface area contributed by atoms with Gasteiger partial charge in [0.25, 0.3) is 0 Å². The van der Waals surface area contributed by atoms with Gasteiger partial charge in [0, 0.05) is 24.1 Å². The second kappa shape index (κ2) is 9.55. The van der Waals surface area contributed by atoms with E-state index in [2.05, 4.69) is 5.10 Å². The van der Waals surface area contributed by atoms with Gasteiger partial charge in [0.1, 0.15) is 11.5 Å². The average molecular weight is 424 g/mol. The van der Waals surface area contributed by atoms with Gasteiger partial charge in [-0.05, 0) is 55.3 Å². The van der Waals surface area contributed by atoms with Gasteiger partial charge >= 0.3 is 0 Å². The SMILES string of the molecule is COc1ccc(C=CC2=NN(C(C)=O)C(C)Cc3cc(OC)c(OC)cc32)c(OC)c1. The van der Waals surface area contributed by atoms with Crippen LogP contribution in [0.25, 0.3) is 6.08 Å². The monoisotopic (exact) mass is 424 g/mol. The van der Waals surface area contributed by atoms with Crippen LogP contribution in [0.4, 0.5) is 0 Å². The van der Waals surface area contributed by atoms with Crippen LogP contribution in [0.2, 0.25) is 0 Å². The fourth-order valence-electron chi connectivity index (χ4n) is 3.63. The van der Waals surface area contributed by atoms with E-state index < -0.39 is 0 Å². The number of hydrazone groups is 1. The Morgan fingerprint density at radius 1 is 0.968 bits per heavy atom.